The fraction of sp³-hybridized carbons (Fsp3) is 0.182. The second-order valence-corrected chi connectivity index (χ2v) is 4.74. The zero-order valence-electron chi connectivity index (χ0n) is 9.67. The summed E-state index contributed by atoms with van der Waals surface area (Å²) in [7, 11) is 0. The zero-order chi connectivity index (χ0) is 13.1. The second-order valence-electron chi connectivity index (χ2n) is 3.68. The standard InChI is InChI=1S/C11H12N4O2S/c1-6-15-8(5-18-6)4-14-10-9(12)2-7(3-13-10)11(16)17/h2-3,5H,4,12H2,1H3,(H,13,14)(H,16,17). The number of aryl methyl sites for hydroxylation is 1. The minimum atomic E-state index is -1.05. The molecule has 94 valence electrons. The van der Waals surface area contributed by atoms with Crippen molar-refractivity contribution in [3.63, 3.8) is 0 Å². The van der Waals surface area contributed by atoms with Crippen LogP contribution in [0.1, 0.15) is 21.1 Å². The first-order chi connectivity index (χ1) is 8.56. The first-order valence-electron chi connectivity index (χ1n) is 5.20. The van der Waals surface area contributed by atoms with Crippen LogP contribution < -0.4 is 11.1 Å². The average molecular weight is 264 g/mol. The maximum atomic E-state index is 10.7. The van der Waals surface area contributed by atoms with Crippen molar-refractivity contribution in [1.82, 2.24) is 9.97 Å². The number of carbonyl (C=O) groups is 1. The van der Waals surface area contributed by atoms with Crippen LogP contribution in [0, 0.1) is 6.92 Å². The zero-order valence-corrected chi connectivity index (χ0v) is 10.5. The number of rotatable bonds is 4. The van der Waals surface area contributed by atoms with Crippen LogP contribution >= 0.6 is 11.3 Å². The van der Waals surface area contributed by atoms with E-state index < -0.39 is 5.97 Å². The molecule has 2 rings (SSSR count). The molecule has 0 spiro atoms. The first kappa shape index (κ1) is 12.3. The molecule has 0 saturated heterocycles. The van der Waals surface area contributed by atoms with Gasteiger partial charge in [-0.05, 0) is 13.0 Å². The van der Waals surface area contributed by atoms with Crippen molar-refractivity contribution in [3.8, 4) is 0 Å². The molecule has 4 N–H and O–H groups in total. The Morgan fingerprint density at radius 3 is 2.94 bits per heavy atom. The number of hydrogen-bond donors (Lipinski definition) is 3. The molecule has 0 unspecified atom stereocenters. The molecule has 0 saturated carbocycles. The van der Waals surface area contributed by atoms with Crippen LogP contribution in [0.15, 0.2) is 17.6 Å². The van der Waals surface area contributed by atoms with E-state index in [4.69, 9.17) is 10.8 Å². The normalized spacial score (nSPS) is 10.3. The SMILES string of the molecule is Cc1nc(CNc2ncc(C(=O)O)cc2N)cs1. The van der Waals surface area contributed by atoms with Gasteiger partial charge < -0.3 is 16.2 Å². The van der Waals surface area contributed by atoms with Crippen molar-refractivity contribution < 1.29 is 9.90 Å². The topological polar surface area (TPSA) is 101 Å². The van der Waals surface area contributed by atoms with Crippen molar-refractivity contribution in [2.24, 2.45) is 0 Å². The van der Waals surface area contributed by atoms with E-state index in [1.807, 2.05) is 12.3 Å². The van der Waals surface area contributed by atoms with E-state index in [9.17, 15) is 4.79 Å². The van der Waals surface area contributed by atoms with E-state index in [0.717, 1.165) is 10.7 Å². The maximum Gasteiger partial charge on any atom is 0.337 e. The van der Waals surface area contributed by atoms with Gasteiger partial charge in [-0.15, -0.1) is 11.3 Å². The smallest absolute Gasteiger partial charge is 0.337 e. The van der Waals surface area contributed by atoms with Gasteiger partial charge in [-0.25, -0.2) is 14.8 Å². The van der Waals surface area contributed by atoms with Gasteiger partial charge >= 0.3 is 5.97 Å². The molecule has 18 heavy (non-hydrogen) atoms. The molecule has 0 amide bonds. The Morgan fingerprint density at radius 2 is 2.39 bits per heavy atom. The lowest BCUT2D eigenvalue weighted by atomic mass is 10.2. The summed E-state index contributed by atoms with van der Waals surface area (Å²) < 4.78 is 0. The van der Waals surface area contributed by atoms with Gasteiger partial charge in [0.1, 0.15) is 5.82 Å². The predicted molar refractivity (Wildman–Crippen MR) is 69.8 cm³/mol. The number of aromatic carboxylic acids is 1. The molecule has 0 aromatic carbocycles. The van der Waals surface area contributed by atoms with Crippen molar-refractivity contribution in [3.05, 3.63) is 33.9 Å². The minimum absolute atomic E-state index is 0.0718. The molecule has 0 aliphatic carbocycles. The Kier molecular flexibility index (Phi) is 3.42. The number of carboxylic acids is 1. The minimum Gasteiger partial charge on any atom is -0.478 e. The van der Waals surface area contributed by atoms with E-state index in [0.29, 0.717) is 18.1 Å². The summed E-state index contributed by atoms with van der Waals surface area (Å²) in [6.45, 7) is 2.44. The van der Waals surface area contributed by atoms with E-state index in [1.165, 1.54) is 12.3 Å². The maximum absolute atomic E-state index is 10.7. The largest absolute Gasteiger partial charge is 0.478 e. The molecule has 0 fully saturated rings. The Hall–Kier alpha value is -2.15. The van der Waals surface area contributed by atoms with Gasteiger partial charge in [0.2, 0.25) is 0 Å². The van der Waals surface area contributed by atoms with Gasteiger partial charge in [-0.1, -0.05) is 0 Å². The molecule has 7 heteroatoms. The molecule has 6 nitrogen and oxygen atoms in total. The Bertz CT molecular complexity index is 582. The molecule has 0 aliphatic rings. The second kappa shape index (κ2) is 5.01. The summed E-state index contributed by atoms with van der Waals surface area (Å²) in [4.78, 5) is 19.0. The summed E-state index contributed by atoms with van der Waals surface area (Å²) >= 11 is 1.57. The summed E-state index contributed by atoms with van der Waals surface area (Å²) in [5, 5.41) is 14.8. The van der Waals surface area contributed by atoms with Crippen LogP contribution in [0.5, 0.6) is 0 Å². The quantitative estimate of drug-likeness (QED) is 0.777. The van der Waals surface area contributed by atoms with E-state index in [-0.39, 0.29) is 5.56 Å². The lowest BCUT2D eigenvalue weighted by Crippen LogP contribution is -2.07. The number of nitrogen functional groups attached to an aromatic ring is 1. The highest BCUT2D eigenvalue weighted by atomic mass is 32.1. The van der Waals surface area contributed by atoms with Gasteiger partial charge in [0.05, 0.1) is 28.5 Å². The van der Waals surface area contributed by atoms with Crippen LogP contribution in [0.3, 0.4) is 0 Å². The molecule has 2 aromatic heterocycles. The molecular formula is C11H12N4O2S. The van der Waals surface area contributed by atoms with Crippen LogP contribution in [0.25, 0.3) is 0 Å². The monoisotopic (exact) mass is 264 g/mol. The predicted octanol–water partition coefficient (Wildman–Crippen LogP) is 1.74. The molecule has 0 bridgehead atoms. The van der Waals surface area contributed by atoms with Crippen LogP contribution in [0.2, 0.25) is 0 Å². The van der Waals surface area contributed by atoms with Gasteiger partial charge in [0.15, 0.2) is 0 Å². The fourth-order valence-electron chi connectivity index (χ4n) is 1.41. The van der Waals surface area contributed by atoms with E-state index in [1.54, 1.807) is 11.3 Å². The van der Waals surface area contributed by atoms with Gasteiger partial charge in [0.25, 0.3) is 0 Å². The highest BCUT2D eigenvalue weighted by Crippen LogP contribution is 2.17. The highest BCUT2D eigenvalue weighted by molar-refractivity contribution is 7.09. The number of anilines is 2. The number of carboxylic acid groups (broad SMARTS) is 1. The van der Waals surface area contributed by atoms with Crippen molar-refractivity contribution in [1.29, 1.82) is 0 Å². The van der Waals surface area contributed by atoms with E-state index >= 15 is 0 Å². The molecule has 2 heterocycles. The van der Waals surface area contributed by atoms with Crippen LogP contribution in [0.4, 0.5) is 11.5 Å². The third-order valence-corrected chi connectivity index (χ3v) is 3.09. The van der Waals surface area contributed by atoms with Crippen molar-refractivity contribution in [2.75, 3.05) is 11.1 Å². The Labute approximate surface area is 108 Å². The molecule has 2 aromatic rings. The number of nitrogens with one attached hydrogen (secondary N) is 1. The van der Waals surface area contributed by atoms with Gasteiger partial charge in [-0.2, -0.15) is 0 Å². The summed E-state index contributed by atoms with van der Waals surface area (Å²) in [6.07, 6.45) is 1.27. The lowest BCUT2D eigenvalue weighted by Gasteiger charge is -2.07. The van der Waals surface area contributed by atoms with Crippen LogP contribution in [-0.4, -0.2) is 21.0 Å². The van der Waals surface area contributed by atoms with Gasteiger partial charge in [-0.3, -0.25) is 0 Å². The van der Waals surface area contributed by atoms with Crippen molar-refractivity contribution in [2.45, 2.75) is 13.5 Å². The summed E-state index contributed by atoms with van der Waals surface area (Å²) in [5.41, 5.74) is 7.01. The Balaban J connectivity index is 2.08. The summed E-state index contributed by atoms with van der Waals surface area (Å²) in [6, 6.07) is 1.38. The number of thiazole rings is 1. The Morgan fingerprint density at radius 1 is 1.61 bits per heavy atom. The lowest BCUT2D eigenvalue weighted by molar-refractivity contribution is 0.0696. The third-order valence-electron chi connectivity index (χ3n) is 2.27. The summed E-state index contributed by atoms with van der Waals surface area (Å²) in [5.74, 6) is -0.582. The van der Waals surface area contributed by atoms with Gasteiger partial charge in [0, 0.05) is 11.6 Å². The molecule has 0 atom stereocenters. The first-order valence-corrected chi connectivity index (χ1v) is 6.08. The van der Waals surface area contributed by atoms with E-state index in [2.05, 4.69) is 15.3 Å². The molecule has 0 radical (unpaired) electrons. The third kappa shape index (κ3) is 2.75. The van der Waals surface area contributed by atoms with Crippen LogP contribution in [-0.2, 0) is 6.54 Å². The average Bonchev–Trinajstić information content (AvgIpc) is 2.73. The fourth-order valence-corrected chi connectivity index (χ4v) is 2.02. The number of pyridine rings is 1. The highest BCUT2D eigenvalue weighted by Gasteiger charge is 2.08. The number of aromatic nitrogens is 2. The number of hydrogen-bond acceptors (Lipinski definition) is 6. The molecule has 0 aliphatic heterocycles. The number of nitrogens with zero attached hydrogens (tertiary/aromatic N) is 2. The number of nitrogens with two attached hydrogens (primary N) is 1. The molecular weight excluding hydrogens is 252 g/mol. The van der Waals surface area contributed by atoms with Crippen molar-refractivity contribution >= 4 is 28.8 Å².